The first-order valence-electron chi connectivity index (χ1n) is 12.6. The summed E-state index contributed by atoms with van der Waals surface area (Å²) in [6.45, 7) is -1.34. The Hall–Kier alpha value is -3.67. The Balaban J connectivity index is 1.14. The molecule has 6 rings (SSSR count). The van der Waals surface area contributed by atoms with Gasteiger partial charge < -0.3 is 20.1 Å². The van der Waals surface area contributed by atoms with Crippen molar-refractivity contribution in [2.24, 2.45) is 11.8 Å². The van der Waals surface area contributed by atoms with Gasteiger partial charge in [-0.15, -0.1) is 13.2 Å². The van der Waals surface area contributed by atoms with Crippen LogP contribution in [0.3, 0.4) is 0 Å². The Labute approximate surface area is 225 Å². The molecule has 11 nitrogen and oxygen atoms in total. The summed E-state index contributed by atoms with van der Waals surface area (Å²) in [4.78, 5) is 19.6. The van der Waals surface area contributed by atoms with Crippen molar-refractivity contribution in [3.63, 3.8) is 0 Å². The number of H-pyrrole nitrogens is 1. The van der Waals surface area contributed by atoms with Crippen LogP contribution in [0.1, 0.15) is 42.3 Å². The largest absolute Gasteiger partial charge is 0.522 e. The fraction of sp³-hybridized carbons (Fsp3) is 0.565. The second-order valence-corrected chi connectivity index (χ2v) is 10.1. The Bertz CT molecular complexity index is 1440. The highest BCUT2D eigenvalue weighted by Crippen LogP contribution is 2.50. The van der Waals surface area contributed by atoms with Gasteiger partial charge in [0.2, 0.25) is 5.95 Å². The average Bonchev–Trinajstić information content (AvgIpc) is 3.59. The fourth-order valence-corrected chi connectivity index (χ4v) is 5.35. The Kier molecular flexibility index (Phi) is 6.71. The van der Waals surface area contributed by atoms with E-state index in [2.05, 4.69) is 35.5 Å². The summed E-state index contributed by atoms with van der Waals surface area (Å²) in [5, 5.41) is 11.9. The third-order valence-electron chi connectivity index (χ3n) is 7.57. The maximum atomic E-state index is 15.1. The van der Waals surface area contributed by atoms with E-state index in [1.807, 2.05) is 0 Å². The van der Waals surface area contributed by atoms with Crippen molar-refractivity contribution in [2.45, 2.75) is 62.8 Å². The molecule has 3 N–H and O–H groups in total. The molecule has 2 aliphatic carbocycles. The van der Waals surface area contributed by atoms with E-state index in [1.54, 1.807) is 0 Å². The van der Waals surface area contributed by atoms with Gasteiger partial charge in [0.05, 0.1) is 24.6 Å². The number of aromatic nitrogens is 5. The van der Waals surface area contributed by atoms with Crippen LogP contribution in [0.2, 0.25) is 0 Å². The molecule has 0 radical (unpaired) electrons. The smallest absolute Gasteiger partial charge is 0.441 e. The topological polar surface area (TPSA) is 128 Å². The van der Waals surface area contributed by atoms with Crippen molar-refractivity contribution < 1.29 is 49.7 Å². The molecule has 1 amide bonds. The summed E-state index contributed by atoms with van der Waals surface area (Å²) in [5.41, 5.74) is -2.31. The highest BCUT2D eigenvalue weighted by Gasteiger charge is 2.48. The molecule has 1 saturated heterocycles. The lowest BCUT2D eigenvalue weighted by atomic mass is 9.56. The van der Waals surface area contributed by atoms with Gasteiger partial charge in [0.1, 0.15) is 11.7 Å². The molecule has 0 spiro atoms. The van der Waals surface area contributed by atoms with Crippen molar-refractivity contribution >= 4 is 23.5 Å². The van der Waals surface area contributed by atoms with E-state index < -0.39 is 60.5 Å². The molecule has 0 aromatic carbocycles. The first-order chi connectivity index (χ1) is 19.4. The van der Waals surface area contributed by atoms with Gasteiger partial charge in [-0.3, -0.25) is 14.2 Å². The number of alkyl carbamates (subject to hydrolysis) is 1. The summed E-state index contributed by atoms with van der Waals surface area (Å²) in [5.74, 6) is 0.802. The first-order valence-corrected chi connectivity index (χ1v) is 12.6. The van der Waals surface area contributed by atoms with Crippen molar-refractivity contribution in [2.75, 3.05) is 11.9 Å². The van der Waals surface area contributed by atoms with Crippen LogP contribution in [0, 0.1) is 11.8 Å². The number of aromatic amines is 1. The van der Waals surface area contributed by atoms with Crippen LogP contribution in [-0.4, -0.2) is 61.9 Å². The van der Waals surface area contributed by atoms with E-state index in [4.69, 9.17) is 9.47 Å². The van der Waals surface area contributed by atoms with Gasteiger partial charge in [0, 0.05) is 24.5 Å². The Morgan fingerprint density at radius 1 is 1.22 bits per heavy atom. The third kappa shape index (κ3) is 5.49. The lowest BCUT2D eigenvalue weighted by Gasteiger charge is -2.52. The van der Waals surface area contributed by atoms with Gasteiger partial charge in [0.15, 0.2) is 23.7 Å². The number of ether oxygens (including phenoxy) is 3. The number of hydrogen-bond donors (Lipinski definition) is 3. The molecule has 222 valence electrons. The molecule has 3 aromatic heterocycles. The van der Waals surface area contributed by atoms with Gasteiger partial charge in [-0.2, -0.15) is 18.3 Å². The molecule has 3 unspecified atom stereocenters. The highest BCUT2D eigenvalue weighted by atomic mass is 19.4. The normalized spacial score (nSPS) is 27.7. The molecular weight excluding hydrogens is 571 g/mol. The number of anilines is 2. The van der Waals surface area contributed by atoms with Gasteiger partial charge in [-0.1, -0.05) is 0 Å². The first kappa shape index (κ1) is 27.5. The number of amides is 1. The number of carbonyl (C=O) groups excluding carboxylic acids is 1. The summed E-state index contributed by atoms with van der Waals surface area (Å²) in [7, 11) is 0. The van der Waals surface area contributed by atoms with E-state index in [9.17, 15) is 31.1 Å². The van der Waals surface area contributed by atoms with Crippen LogP contribution in [0.4, 0.5) is 47.3 Å². The lowest BCUT2D eigenvalue weighted by molar-refractivity contribution is -0.330. The molecule has 4 heterocycles. The van der Waals surface area contributed by atoms with Crippen molar-refractivity contribution in [3.8, 4) is 0 Å². The predicted molar refractivity (Wildman–Crippen MR) is 122 cm³/mol. The number of nitrogens with zero attached hydrogens (tertiary/aromatic N) is 4. The monoisotopic (exact) mass is 593 g/mol. The van der Waals surface area contributed by atoms with Crippen molar-refractivity contribution in [1.29, 1.82) is 0 Å². The van der Waals surface area contributed by atoms with Gasteiger partial charge >= 0.3 is 18.6 Å². The van der Waals surface area contributed by atoms with Gasteiger partial charge in [0.25, 0.3) is 0 Å². The minimum Gasteiger partial charge on any atom is -0.441 e. The highest BCUT2D eigenvalue weighted by molar-refractivity contribution is 5.68. The SMILES string of the molecule is O=C(NC1CC2CCC21)O[C@H]1CO[C@@H](c2cc(Nc3ncc(C(F)(F)F)c4nc(COC(F)(F)F)cn34)n[nH]2)[C@@H]1F. The van der Waals surface area contributed by atoms with E-state index in [-0.39, 0.29) is 30.1 Å². The van der Waals surface area contributed by atoms with Crippen LogP contribution in [0.15, 0.2) is 18.5 Å². The van der Waals surface area contributed by atoms with Crippen LogP contribution in [0.25, 0.3) is 5.65 Å². The number of nitrogens with one attached hydrogen (secondary N) is 3. The molecule has 3 aromatic rings. The number of hydrogen-bond acceptors (Lipinski definition) is 8. The van der Waals surface area contributed by atoms with Gasteiger partial charge in [-0.05, 0) is 31.1 Å². The van der Waals surface area contributed by atoms with Crippen LogP contribution >= 0.6 is 0 Å². The minimum absolute atomic E-state index is 0.0201. The Morgan fingerprint density at radius 3 is 2.68 bits per heavy atom. The fourth-order valence-electron chi connectivity index (χ4n) is 5.35. The lowest BCUT2D eigenvalue weighted by Crippen LogP contribution is -2.57. The molecular formula is C23H22F7N7O4. The van der Waals surface area contributed by atoms with Crippen LogP contribution < -0.4 is 10.6 Å². The number of rotatable bonds is 7. The summed E-state index contributed by atoms with van der Waals surface area (Å²) < 4.78 is 108. The van der Waals surface area contributed by atoms with Crippen molar-refractivity contribution in [3.05, 3.63) is 35.4 Å². The molecule has 18 heteroatoms. The summed E-state index contributed by atoms with van der Waals surface area (Å²) in [6, 6.07) is 1.34. The molecule has 1 aliphatic heterocycles. The number of halogens is 7. The number of carbonyl (C=O) groups is 1. The maximum Gasteiger partial charge on any atom is 0.522 e. The van der Waals surface area contributed by atoms with Crippen molar-refractivity contribution in [1.82, 2.24) is 29.9 Å². The standard InChI is InChI=1S/C23H22F7N7O4/c24-17-15(41-21(38)33-13-3-9-1-2-11(9)13)8-39-18(17)14-4-16(36-35-14)34-20-31-5-12(22(25,26)27)19-32-10(6-37(19)20)7-40-23(28,29)30/h4-6,9,11,13,15,17-18H,1-3,7-8H2,(H,33,38)(H2,31,34,35,36)/t9?,11?,13?,15-,17+,18-/m0/s1. The van der Waals surface area contributed by atoms with E-state index in [0.717, 1.165) is 29.9 Å². The summed E-state index contributed by atoms with van der Waals surface area (Å²) >= 11 is 0. The molecule has 3 fully saturated rings. The number of imidazole rings is 1. The zero-order chi connectivity index (χ0) is 29.1. The summed E-state index contributed by atoms with van der Waals surface area (Å²) in [6.07, 6.45) is -10.3. The molecule has 2 saturated carbocycles. The van der Waals surface area contributed by atoms with Crippen LogP contribution in [0.5, 0.6) is 0 Å². The predicted octanol–water partition coefficient (Wildman–Crippen LogP) is 4.55. The maximum absolute atomic E-state index is 15.1. The minimum atomic E-state index is -5.02. The van der Waals surface area contributed by atoms with E-state index in [0.29, 0.717) is 18.0 Å². The second kappa shape index (κ2) is 10.0. The number of alkyl halides is 7. The molecule has 41 heavy (non-hydrogen) atoms. The molecule has 3 aliphatic rings. The zero-order valence-corrected chi connectivity index (χ0v) is 20.8. The molecule has 0 bridgehead atoms. The number of fused-ring (bicyclic) bond motifs is 2. The third-order valence-corrected chi connectivity index (χ3v) is 7.57. The zero-order valence-electron chi connectivity index (χ0n) is 20.8. The van der Waals surface area contributed by atoms with Crippen LogP contribution in [-0.2, 0) is 27.0 Å². The van der Waals surface area contributed by atoms with Gasteiger partial charge in [-0.25, -0.2) is 19.2 Å². The van der Waals surface area contributed by atoms with E-state index >= 15 is 4.39 Å². The quantitative estimate of drug-likeness (QED) is 0.341. The average molecular weight is 593 g/mol. The van der Waals surface area contributed by atoms with E-state index in [1.165, 1.54) is 6.07 Å². The molecule has 6 atom stereocenters. The Morgan fingerprint density at radius 2 is 2.02 bits per heavy atom. The second-order valence-electron chi connectivity index (χ2n) is 10.1.